The zero-order chi connectivity index (χ0) is 12.3. The third-order valence-corrected chi connectivity index (χ3v) is 2.93. The molecule has 2 N–H and O–H groups in total. The maximum atomic E-state index is 10.4. The molecule has 1 aliphatic carbocycles. The minimum atomic E-state index is -0.524. The molecule has 1 heterocycles. The molecule has 92 valence electrons. The van der Waals surface area contributed by atoms with Gasteiger partial charge in [-0.25, -0.2) is 0 Å². The quantitative estimate of drug-likeness (QED) is 0.637. The third kappa shape index (κ3) is 3.13. The Balaban J connectivity index is 1.92. The van der Waals surface area contributed by atoms with Gasteiger partial charge < -0.3 is 20.6 Å². The summed E-state index contributed by atoms with van der Waals surface area (Å²) in [5, 5.41) is 10.4. The van der Waals surface area contributed by atoms with E-state index in [0.717, 1.165) is 25.7 Å². The van der Waals surface area contributed by atoms with Crippen molar-refractivity contribution in [3.63, 3.8) is 0 Å². The molecule has 17 heavy (non-hydrogen) atoms. The van der Waals surface area contributed by atoms with Gasteiger partial charge in [0.2, 0.25) is 0 Å². The second kappa shape index (κ2) is 5.09. The van der Waals surface area contributed by atoms with Crippen LogP contribution in [-0.2, 0) is 0 Å². The van der Waals surface area contributed by atoms with Gasteiger partial charge in [-0.15, -0.1) is 0 Å². The smallest absolute Gasteiger partial charge is 0.363 e. The maximum Gasteiger partial charge on any atom is 0.363 e. The largest absolute Gasteiger partial charge is 0.486 e. The first kappa shape index (κ1) is 11.8. The zero-order valence-electron chi connectivity index (χ0n) is 9.41. The summed E-state index contributed by atoms with van der Waals surface area (Å²) in [5.41, 5.74) is 5.80. The van der Waals surface area contributed by atoms with Crippen LogP contribution >= 0.6 is 0 Å². The number of hydrogen-bond donors (Lipinski definition) is 1. The fourth-order valence-corrected chi connectivity index (χ4v) is 1.95. The van der Waals surface area contributed by atoms with Gasteiger partial charge in [0.05, 0.1) is 6.10 Å². The Labute approximate surface area is 98.9 Å². The Morgan fingerprint density at radius 1 is 1.35 bits per heavy atom. The number of hydrogen-bond acceptors (Lipinski definition) is 5. The molecule has 1 aromatic heterocycles. The van der Waals surface area contributed by atoms with Crippen LogP contribution in [0.25, 0.3) is 0 Å². The lowest BCUT2D eigenvalue weighted by atomic mass is 9.94. The number of pyridine rings is 1. The summed E-state index contributed by atoms with van der Waals surface area (Å²) in [5.74, 6) is 0.416. The Morgan fingerprint density at radius 3 is 2.59 bits per heavy atom. The summed E-state index contributed by atoms with van der Waals surface area (Å²) in [7, 11) is 0. The van der Waals surface area contributed by atoms with Crippen molar-refractivity contribution in [3.05, 3.63) is 28.4 Å². The summed E-state index contributed by atoms with van der Waals surface area (Å²) in [6, 6.07) is 3.22. The highest BCUT2D eigenvalue weighted by Gasteiger charge is 2.20. The number of rotatable bonds is 3. The van der Waals surface area contributed by atoms with Gasteiger partial charge in [-0.1, -0.05) is 0 Å². The first-order valence-electron chi connectivity index (χ1n) is 5.68. The summed E-state index contributed by atoms with van der Waals surface area (Å²) >= 11 is 0. The highest BCUT2D eigenvalue weighted by Crippen LogP contribution is 2.23. The molecule has 1 aromatic rings. The molecule has 0 spiro atoms. The van der Waals surface area contributed by atoms with E-state index in [4.69, 9.17) is 10.5 Å². The SMILES string of the molecule is NC1CCC(Oc2ccc([N+](=O)[O-])nc2)CC1. The molecule has 1 aliphatic rings. The highest BCUT2D eigenvalue weighted by molar-refractivity contribution is 5.26. The van der Waals surface area contributed by atoms with Crippen molar-refractivity contribution in [2.24, 2.45) is 5.73 Å². The van der Waals surface area contributed by atoms with Gasteiger partial charge in [-0.3, -0.25) is 0 Å². The molecule has 2 rings (SSSR count). The molecule has 6 nitrogen and oxygen atoms in total. The van der Waals surface area contributed by atoms with Crippen LogP contribution in [0.1, 0.15) is 25.7 Å². The van der Waals surface area contributed by atoms with E-state index in [-0.39, 0.29) is 18.0 Å². The van der Waals surface area contributed by atoms with Gasteiger partial charge in [-0.2, -0.15) is 0 Å². The molecule has 0 unspecified atom stereocenters. The number of nitrogens with zero attached hydrogens (tertiary/aromatic N) is 2. The molecule has 0 bridgehead atoms. The monoisotopic (exact) mass is 237 g/mol. The standard InChI is InChI=1S/C11H15N3O3/c12-8-1-3-9(4-2-8)17-10-5-6-11(13-7-10)14(15)16/h5-9H,1-4,12H2. The third-order valence-electron chi connectivity index (χ3n) is 2.93. The Bertz CT molecular complexity index is 385. The highest BCUT2D eigenvalue weighted by atomic mass is 16.6. The Hall–Kier alpha value is -1.69. The summed E-state index contributed by atoms with van der Waals surface area (Å²) in [6.07, 6.45) is 5.33. The number of nitrogens with two attached hydrogens (primary N) is 1. The van der Waals surface area contributed by atoms with Gasteiger partial charge in [0.25, 0.3) is 0 Å². The number of nitro groups is 1. The lowest BCUT2D eigenvalue weighted by Gasteiger charge is -2.26. The lowest BCUT2D eigenvalue weighted by molar-refractivity contribution is -0.389. The summed E-state index contributed by atoms with van der Waals surface area (Å²) < 4.78 is 5.70. The fourth-order valence-electron chi connectivity index (χ4n) is 1.95. The van der Waals surface area contributed by atoms with Crippen molar-refractivity contribution in [1.29, 1.82) is 0 Å². The van der Waals surface area contributed by atoms with Gasteiger partial charge >= 0.3 is 5.82 Å². The van der Waals surface area contributed by atoms with E-state index < -0.39 is 4.92 Å². The molecule has 0 saturated heterocycles. The predicted octanol–water partition coefficient (Wildman–Crippen LogP) is 1.64. The molecule has 0 aliphatic heterocycles. The molecule has 0 atom stereocenters. The van der Waals surface area contributed by atoms with Gasteiger partial charge in [0, 0.05) is 12.1 Å². The number of aromatic nitrogens is 1. The van der Waals surface area contributed by atoms with E-state index in [9.17, 15) is 10.1 Å². The molecule has 1 saturated carbocycles. The lowest BCUT2D eigenvalue weighted by Crippen LogP contribution is -2.31. The minimum Gasteiger partial charge on any atom is -0.486 e. The van der Waals surface area contributed by atoms with Gasteiger partial charge in [-0.05, 0) is 41.7 Å². The normalized spacial score (nSPS) is 24.3. The molecule has 0 aromatic carbocycles. The first-order chi connectivity index (χ1) is 8.15. The second-order valence-corrected chi connectivity index (χ2v) is 4.26. The maximum absolute atomic E-state index is 10.4. The van der Waals surface area contributed by atoms with Crippen LogP contribution in [0.4, 0.5) is 5.82 Å². The zero-order valence-corrected chi connectivity index (χ0v) is 9.41. The fraction of sp³-hybridized carbons (Fsp3) is 0.545. The van der Waals surface area contributed by atoms with Crippen LogP contribution in [0, 0.1) is 10.1 Å². The van der Waals surface area contributed by atoms with Crippen molar-refractivity contribution in [2.45, 2.75) is 37.8 Å². The molecule has 0 amide bonds. The van der Waals surface area contributed by atoms with Crippen LogP contribution in [0.2, 0.25) is 0 Å². The molecular formula is C11H15N3O3. The van der Waals surface area contributed by atoms with Crippen LogP contribution in [0.3, 0.4) is 0 Å². The molecule has 1 fully saturated rings. The van der Waals surface area contributed by atoms with Crippen molar-refractivity contribution in [3.8, 4) is 5.75 Å². The molecule has 6 heteroatoms. The average Bonchev–Trinajstić information content (AvgIpc) is 2.33. The van der Waals surface area contributed by atoms with Crippen LogP contribution < -0.4 is 10.5 Å². The molecular weight excluding hydrogens is 222 g/mol. The van der Waals surface area contributed by atoms with E-state index in [1.807, 2.05) is 0 Å². The van der Waals surface area contributed by atoms with Gasteiger partial charge in [0.1, 0.15) is 0 Å². The van der Waals surface area contributed by atoms with Crippen LogP contribution in [0.15, 0.2) is 18.3 Å². The minimum absolute atomic E-state index is 0.151. The van der Waals surface area contributed by atoms with E-state index in [2.05, 4.69) is 4.98 Å². The topological polar surface area (TPSA) is 91.3 Å². The molecule has 0 radical (unpaired) electrons. The van der Waals surface area contributed by atoms with Crippen LogP contribution in [-0.4, -0.2) is 22.1 Å². The van der Waals surface area contributed by atoms with Crippen LogP contribution in [0.5, 0.6) is 5.75 Å². The summed E-state index contributed by atoms with van der Waals surface area (Å²) in [6.45, 7) is 0. The van der Waals surface area contributed by atoms with E-state index in [1.165, 1.54) is 12.3 Å². The second-order valence-electron chi connectivity index (χ2n) is 4.26. The summed E-state index contributed by atoms with van der Waals surface area (Å²) in [4.78, 5) is 13.6. The van der Waals surface area contributed by atoms with Crippen molar-refractivity contribution >= 4 is 5.82 Å². The van der Waals surface area contributed by atoms with E-state index in [0.29, 0.717) is 5.75 Å². The Kier molecular flexibility index (Phi) is 3.53. The first-order valence-corrected chi connectivity index (χ1v) is 5.68. The van der Waals surface area contributed by atoms with E-state index >= 15 is 0 Å². The van der Waals surface area contributed by atoms with E-state index in [1.54, 1.807) is 6.07 Å². The number of ether oxygens (including phenoxy) is 1. The van der Waals surface area contributed by atoms with Crippen molar-refractivity contribution in [1.82, 2.24) is 4.98 Å². The van der Waals surface area contributed by atoms with Crippen molar-refractivity contribution < 1.29 is 9.66 Å². The average molecular weight is 237 g/mol. The van der Waals surface area contributed by atoms with Crippen molar-refractivity contribution in [2.75, 3.05) is 0 Å². The predicted molar refractivity (Wildman–Crippen MR) is 61.8 cm³/mol. The van der Waals surface area contributed by atoms with Gasteiger partial charge in [0.15, 0.2) is 11.9 Å². The Morgan fingerprint density at radius 2 is 2.06 bits per heavy atom.